The maximum Gasteiger partial charge on any atom is 0.0762 e. The van der Waals surface area contributed by atoms with Crippen molar-refractivity contribution in [2.45, 2.75) is 57.7 Å². The molecule has 1 aliphatic carbocycles. The smallest absolute Gasteiger partial charge is 0.0762 e. The fraction of sp³-hybridized carbons (Fsp3) is 0.786. The zero-order valence-corrected chi connectivity index (χ0v) is 12.4. The molecule has 0 bridgehead atoms. The van der Waals surface area contributed by atoms with Gasteiger partial charge in [-0.05, 0) is 44.3 Å². The zero-order chi connectivity index (χ0) is 12.8. The number of nitrogens with one attached hydrogen (secondary N) is 1. The average molecular weight is 267 g/mol. The van der Waals surface area contributed by atoms with Gasteiger partial charge < -0.3 is 5.32 Å². The highest BCUT2D eigenvalue weighted by molar-refractivity contribution is 7.98. The fourth-order valence-corrected chi connectivity index (χ4v) is 3.11. The Kier molecular flexibility index (Phi) is 5.57. The van der Waals surface area contributed by atoms with Crippen molar-refractivity contribution in [2.75, 3.05) is 12.0 Å². The van der Waals surface area contributed by atoms with Gasteiger partial charge in [0.2, 0.25) is 0 Å². The number of aromatic nitrogens is 2. The van der Waals surface area contributed by atoms with Crippen molar-refractivity contribution >= 4 is 11.8 Å². The van der Waals surface area contributed by atoms with E-state index >= 15 is 0 Å². The van der Waals surface area contributed by atoms with Crippen LogP contribution in [0.1, 0.15) is 50.8 Å². The molecule has 0 aromatic carbocycles. The van der Waals surface area contributed by atoms with Gasteiger partial charge in [-0.15, -0.1) is 0 Å². The zero-order valence-electron chi connectivity index (χ0n) is 11.6. The summed E-state index contributed by atoms with van der Waals surface area (Å²) >= 11 is 1.91. The maximum atomic E-state index is 4.69. The van der Waals surface area contributed by atoms with Crippen LogP contribution in [0.25, 0.3) is 0 Å². The van der Waals surface area contributed by atoms with E-state index in [9.17, 15) is 0 Å². The van der Waals surface area contributed by atoms with Gasteiger partial charge in [-0.3, -0.25) is 4.68 Å². The van der Waals surface area contributed by atoms with E-state index in [0.29, 0.717) is 12.1 Å². The Hall–Kier alpha value is -0.480. The van der Waals surface area contributed by atoms with Crippen molar-refractivity contribution < 1.29 is 0 Å². The number of rotatable bonds is 7. The fourth-order valence-electron chi connectivity index (χ4n) is 2.52. The van der Waals surface area contributed by atoms with E-state index in [0.717, 1.165) is 6.54 Å². The standard InChI is InChI=1S/C14H25N3S/c1-12(8-10-18-2)15-11-13-7-9-17(16-13)14-5-3-4-6-14/h7,9,12,14-15H,3-6,8,10-11H2,1-2H3. The molecule has 1 heterocycles. The summed E-state index contributed by atoms with van der Waals surface area (Å²) in [5.74, 6) is 1.23. The first kappa shape index (κ1) is 13.9. The second kappa shape index (κ2) is 7.19. The number of hydrogen-bond donors (Lipinski definition) is 1. The van der Waals surface area contributed by atoms with Crippen LogP contribution in [0.5, 0.6) is 0 Å². The van der Waals surface area contributed by atoms with E-state index in [1.807, 2.05) is 11.8 Å². The van der Waals surface area contributed by atoms with Gasteiger partial charge in [0.25, 0.3) is 0 Å². The molecule has 102 valence electrons. The number of thioether (sulfide) groups is 1. The van der Waals surface area contributed by atoms with Crippen LogP contribution in [0.4, 0.5) is 0 Å². The maximum absolute atomic E-state index is 4.69. The van der Waals surface area contributed by atoms with E-state index in [1.165, 1.54) is 43.6 Å². The third-order valence-corrected chi connectivity index (χ3v) is 4.39. The molecule has 0 amide bonds. The van der Waals surface area contributed by atoms with Crippen molar-refractivity contribution in [3.05, 3.63) is 18.0 Å². The predicted molar refractivity (Wildman–Crippen MR) is 79.0 cm³/mol. The Morgan fingerprint density at radius 2 is 2.28 bits per heavy atom. The summed E-state index contributed by atoms with van der Waals surface area (Å²) in [5, 5.41) is 8.24. The molecular formula is C14H25N3S. The van der Waals surface area contributed by atoms with Gasteiger partial charge in [-0.25, -0.2) is 0 Å². The van der Waals surface area contributed by atoms with E-state index in [-0.39, 0.29) is 0 Å². The average Bonchev–Trinajstić information content (AvgIpc) is 3.03. The highest BCUT2D eigenvalue weighted by Crippen LogP contribution is 2.28. The first-order valence-electron chi connectivity index (χ1n) is 7.06. The van der Waals surface area contributed by atoms with Crippen molar-refractivity contribution in [3.8, 4) is 0 Å². The lowest BCUT2D eigenvalue weighted by Gasteiger charge is -2.12. The van der Waals surface area contributed by atoms with Crippen LogP contribution in [-0.4, -0.2) is 27.8 Å². The van der Waals surface area contributed by atoms with Crippen molar-refractivity contribution in [1.29, 1.82) is 0 Å². The van der Waals surface area contributed by atoms with Gasteiger partial charge in [-0.1, -0.05) is 12.8 Å². The summed E-state index contributed by atoms with van der Waals surface area (Å²) in [5.41, 5.74) is 1.18. The van der Waals surface area contributed by atoms with E-state index in [2.05, 4.69) is 35.4 Å². The molecule has 1 saturated carbocycles. The van der Waals surface area contributed by atoms with Gasteiger partial charge in [0.15, 0.2) is 0 Å². The van der Waals surface area contributed by atoms with E-state index < -0.39 is 0 Å². The van der Waals surface area contributed by atoms with E-state index in [4.69, 9.17) is 5.10 Å². The second-order valence-corrected chi connectivity index (χ2v) is 6.27. The van der Waals surface area contributed by atoms with Gasteiger partial charge in [-0.2, -0.15) is 16.9 Å². The van der Waals surface area contributed by atoms with Crippen LogP contribution in [0.3, 0.4) is 0 Å². The molecule has 18 heavy (non-hydrogen) atoms. The molecule has 1 aliphatic rings. The Bertz CT molecular complexity index is 345. The summed E-state index contributed by atoms with van der Waals surface area (Å²) < 4.78 is 2.18. The summed E-state index contributed by atoms with van der Waals surface area (Å²) in [7, 11) is 0. The lowest BCUT2D eigenvalue weighted by atomic mass is 10.2. The quantitative estimate of drug-likeness (QED) is 0.822. The lowest BCUT2D eigenvalue weighted by molar-refractivity contribution is 0.456. The summed E-state index contributed by atoms with van der Waals surface area (Å²) in [6.07, 6.45) is 10.9. The molecule has 2 rings (SSSR count). The molecule has 1 N–H and O–H groups in total. The number of hydrogen-bond acceptors (Lipinski definition) is 3. The van der Waals surface area contributed by atoms with Gasteiger partial charge in [0, 0.05) is 18.8 Å². The van der Waals surface area contributed by atoms with Crippen LogP contribution in [0, 0.1) is 0 Å². The molecule has 1 fully saturated rings. The second-order valence-electron chi connectivity index (χ2n) is 5.29. The molecule has 0 saturated heterocycles. The third kappa shape index (κ3) is 4.02. The molecule has 1 unspecified atom stereocenters. The largest absolute Gasteiger partial charge is 0.309 e. The SMILES string of the molecule is CSCCC(C)NCc1ccn(C2CCCC2)n1. The highest BCUT2D eigenvalue weighted by Gasteiger charge is 2.17. The molecule has 3 nitrogen and oxygen atoms in total. The first-order valence-corrected chi connectivity index (χ1v) is 8.45. The van der Waals surface area contributed by atoms with Crippen molar-refractivity contribution in [3.63, 3.8) is 0 Å². The Balaban J connectivity index is 1.76. The first-order chi connectivity index (χ1) is 8.79. The normalized spacial score (nSPS) is 18.3. The molecule has 0 spiro atoms. The van der Waals surface area contributed by atoms with Crippen molar-refractivity contribution in [1.82, 2.24) is 15.1 Å². The predicted octanol–water partition coefficient (Wildman–Crippen LogP) is 3.23. The highest BCUT2D eigenvalue weighted by atomic mass is 32.2. The van der Waals surface area contributed by atoms with Crippen LogP contribution in [-0.2, 0) is 6.54 Å². The minimum Gasteiger partial charge on any atom is -0.309 e. The van der Waals surface area contributed by atoms with Gasteiger partial charge >= 0.3 is 0 Å². The summed E-state index contributed by atoms with van der Waals surface area (Å²) in [4.78, 5) is 0. The minimum atomic E-state index is 0.578. The van der Waals surface area contributed by atoms with Crippen LogP contribution in [0.2, 0.25) is 0 Å². The molecule has 4 heteroatoms. The third-order valence-electron chi connectivity index (χ3n) is 3.75. The molecule has 0 aliphatic heterocycles. The Morgan fingerprint density at radius 3 is 3.00 bits per heavy atom. The van der Waals surface area contributed by atoms with Gasteiger partial charge in [0.1, 0.15) is 0 Å². The van der Waals surface area contributed by atoms with E-state index in [1.54, 1.807) is 0 Å². The Labute approximate surface area is 115 Å². The molecule has 0 radical (unpaired) electrons. The molecule has 1 atom stereocenters. The Morgan fingerprint density at radius 1 is 1.50 bits per heavy atom. The van der Waals surface area contributed by atoms with Gasteiger partial charge in [0.05, 0.1) is 11.7 Å². The molecular weight excluding hydrogens is 242 g/mol. The lowest BCUT2D eigenvalue weighted by Crippen LogP contribution is -2.26. The van der Waals surface area contributed by atoms with Crippen LogP contribution >= 0.6 is 11.8 Å². The van der Waals surface area contributed by atoms with Crippen LogP contribution < -0.4 is 5.32 Å². The monoisotopic (exact) mass is 267 g/mol. The molecule has 1 aromatic heterocycles. The summed E-state index contributed by atoms with van der Waals surface area (Å²) in [6.45, 7) is 3.15. The minimum absolute atomic E-state index is 0.578. The van der Waals surface area contributed by atoms with Crippen molar-refractivity contribution in [2.24, 2.45) is 0 Å². The topological polar surface area (TPSA) is 29.9 Å². The number of nitrogens with zero attached hydrogens (tertiary/aromatic N) is 2. The molecule has 1 aromatic rings. The van der Waals surface area contributed by atoms with Crippen LogP contribution in [0.15, 0.2) is 12.3 Å². The summed E-state index contributed by atoms with van der Waals surface area (Å²) in [6, 6.07) is 3.40.